The number of amides is 1. The van der Waals surface area contributed by atoms with Crippen LogP contribution in [0.1, 0.15) is 54.3 Å². The van der Waals surface area contributed by atoms with E-state index in [4.69, 9.17) is 9.15 Å². The van der Waals surface area contributed by atoms with Crippen molar-refractivity contribution in [3.8, 4) is 17.2 Å². The number of aromatic nitrogens is 1. The summed E-state index contributed by atoms with van der Waals surface area (Å²) in [5, 5.41) is 5.15. The zero-order chi connectivity index (χ0) is 22.7. The number of nitrogens with one attached hydrogen (secondary N) is 2. The maximum Gasteiger partial charge on any atom is 0.273 e. The number of rotatable bonds is 7. The predicted molar refractivity (Wildman–Crippen MR) is 114 cm³/mol. The summed E-state index contributed by atoms with van der Waals surface area (Å²) < 4.78 is 39.0. The van der Waals surface area contributed by atoms with Gasteiger partial charge in [0.25, 0.3) is 5.91 Å². The van der Waals surface area contributed by atoms with E-state index in [0.717, 1.165) is 5.56 Å². The minimum atomic E-state index is -0.737. The lowest BCUT2D eigenvalue weighted by Crippen LogP contribution is -2.27. The highest BCUT2D eigenvalue weighted by molar-refractivity contribution is 5.92. The van der Waals surface area contributed by atoms with Gasteiger partial charge in [-0.1, -0.05) is 19.9 Å². The largest absolute Gasteiger partial charge is 0.496 e. The van der Waals surface area contributed by atoms with Gasteiger partial charge in [-0.25, -0.2) is 13.8 Å². The van der Waals surface area contributed by atoms with Crippen LogP contribution in [0.2, 0.25) is 0 Å². The van der Waals surface area contributed by atoms with Crippen molar-refractivity contribution in [2.45, 2.75) is 32.7 Å². The summed E-state index contributed by atoms with van der Waals surface area (Å²) in [5.74, 6) is -0.896. The number of benzene rings is 2. The Bertz CT molecular complexity index is 1070. The van der Waals surface area contributed by atoms with Gasteiger partial charge in [0.05, 0.1) is 18.7 Å². The predicted octanol–water partition coefficient (Wildman–Crippen LogP) is 5.28. The molecule has 6 nitrogen and oxygen atoms in total. The number of hydrogen-bond acceptors (Lipinski definition) is 5. The molecule has 0 fully saturated rings. The highest BCUT2D eigenvalue weighted by atomic mass is 19.1. The molecule has 1 aromatic heterocycles. The van der Waals surface area contributed by atoms with Gasteiger partial charge in [-0.15, -0.1) is 0 Å². The fraction of sp³-hybridized carbons (Fsp3) is 0.304. The van der Waals surface area contributed by atoms with Crippen LogP contribution in [0.3, 0.4) is 0 Å². The van der Waals surface area contributed by atoms with Crippen LogP contribution in [0, 0.1) is 11.6 Å². The van der Waals surface area contributed by atoms with Crippen LogP contribution in [0.15, 0.2) is 41.0 Å². The van der Waals surface area contributed by atoms with E-state index >= 15 is 0 Å². The van der Waals surface area contributed by atoms with Crippen LogP contribution >= 0.6 is 0 Å². The third-order valence-electron chi connectivity index (χ3n) is 5.02. The van der Waals surface area contributed by atoms with Crippen LogP contribution in [-0.2, 0) is 0 Å². The van der Waals surface area contributed by atoms with E-state index in [9.17, 15) is 13.6 Å². The molecule has 3 rings (SSSR count). The fourth-order valence-electron chi connectivity index (χ4n) is 3.19. The average Bonchev–Trinajstić information content (AvgIpc) is 3.23. The van der Waals surface area contributed by atoms with Crippen molar-refractivity contribution in [3.63, 3.8) is 0 Å². The Morgan fingerprint density at radius 2 is 1.77 bits per heavy atom. The summed E-state index contributed by atoms with van der Waals surface area (Å²) in [6.45, 7) is 5.76. The first-order valence-corrected chi connectivity index (χ1v) is 9.86. The van der Waals surface area contributed by atoms with E-state index in [2.05, 4.69) is 29.5 Å². The maximum atomic E-state index is 14.0. The van der Waals surface area contributed by atoms with Crippen molar-refractivity contribution >= 4 is 11.6 Å². The lowest BCUT2D eigenvalue weighted by atomic mass is 10.0. The lowest BCUT2D eigenvalue weighted by molar-refractivity contribution is 0.0934. The molecule has 31 heavy (non-hydrogen) atoms. The Kier molecular flexibility index (Phi) is 6.58. The molecule has 0 aliphatic carbocycles. The van der Waals surface area contributed by atoms with Gasteiger partial charge in [-0.3, -0.25) is 4.79 Å². The summed E-state index contributed by atoms with van der Waals surface area (Å²) >= 11 is 0. The molecule has 8 heteroatoms. The highest BCUT2D eigenvalue weighted by Gasteiger charge is 2.20. The molecule has 0 aliphatic rings. The van der Waals surface area contributed by atoms with Gasteiger partial charge in [0.1, 0.15) is 29.3 Å². The normalized spacial score (nSPS) is 12.0. The number of methoxy groups -OCH3 is 1. The van der Waals surface area contributed by atoms with E-state index in [0.29, 0.717) is 17.2 Å². The molecule has 3 aromatic rings. The Morgan fingerprint density at radius 3 is 2.35 bits per heavy atom. The van der Waals surface area contributed by atoms with Gasteiger partial charge in [-0.05, 0) is 48.2 Å². The Balaban J connectivity index is 1.82. The molecule has 0 saturated carbocycles. The summed E-state index contributed by atoms with van der Waals surface area (Å²) in [6.07, 6.45) is 1.24. The standard InChI is InChI=1S/C23H25F2N3O3/c1-12(2)14-6-7-20(30-5)16(8-14)23-28-19(11-31-23)22(29)27-13(3)15-9-17(24)21(26-4)18(25)10-15/h6-13,26H,1-5H3,(H,27,29). The number of carbonyl (C=O) groups is 1. The Morgan fingerprint density at radius 1 is 1.10 bits per heavy atom. The second-order valence-corrected chi connectivity index (χ2v) is 7.46. The number of nitrogens with zero attached hydrogens (tertiary/aromatic N) is 1. The molecule has 0 bridgehead atoms. The molecule has 1 atom stereocenters. The van der Waals surface area contributed by atoms with Crippen LogP contribution < -0.4 is 15.4 Å². The fourth-order valence-corrected chi connectivity index (χ4v) is 3.19. The molecule has 0 spiro atoms. The van der Waals surface area contributed by atoms with Crippen molar-refractivity contribution < 1.29 is 22.7 Å². The molecule has 0 saturated heterocycles. The molecule has 1 heterocycles. The quantitative estimate of drug-likeness (QED) is 0.534. The van der Waals surface area contributed by atoms with Gasteiger partial charge in [-0.2, -0.15) is 0 Å². The van der Waals surface area contributed by atoms with Gasteiger partial charge in [0.15, 0.2) is 5.69 Å². The first-order valence-electron chi connectivity index (χ1n) is 9.86. The van der Waals surface area contributed by atoms with E-state index in [1.165, 1.54) is 25.4 Å². The first-order chi connectivity index (χ1) is 14.7. The average molecular weight is 429 g/mol. The summed E-state index contributed by atoms with van der Waals surface area (Å²) in [5.41, 5.74) is 1.82. The minimum absolute atomic E-state index is 0.0478. The maximum absolute atomic E-state index is 14.0. The number of carbonyl (C=O) groups excluding carboxylic acids is 1. The van der Waals surface area contributed by atoms with Crippen LogP contribution in [-0.4, -0.2) is 25.0 Å². The molecule has 2 aromatic carbocycles. The monoisotopic (exact) mass is 429 g/mol. The SMILES string of the molecule is CNc1c(F)cc(C(C)NC(=O)c2coc(-c3cc(C(C)C)ccc3OC)n2)cc1F. The second kappa shape index (κ2) is 9.16. The van der Waals surface area contributed by atoms with Crippen molar-refractivity contribution in [3.05, 3.63) is 65.1 Å². The van der Waals surface area contributed by atoms with Gasteiger partial charge >= 0.3 is 0 Å². The van der Waals surface area contributed by atoms with Gasteiger partial charge < -0.3 is 19.8 Å². The number of oxazole rings is 1. The number of halogens is 2. The highest BCUT2D eigenvalue weighted by Crippen LogP contribution is 2.32. The van der Waals surface area contributed by atoms with E-state index in [1.807, 2.05) is 18.2 Å². The third kappa shape index (κ3) is 4.68. The van der Waals surface area contributed by atoms with Crippen LogP contribution in [0.25, 0.3) is 11.5 Å². The van der Waals surface area contributed by atoms with Crippen molar-refractivity contribution in [2.75, 3.05) is 19.5 Å². The lowest BCUT2D eigenvalue weighted by Gasteiger charge is -2.15. The number of anilines is 1. The summed E-state index contributed by atoms with van der Waals surface area (Å²) in [6, 6.07) is 7.40. The molecule has 2 N–H and O–H groups in total. The smallest absolute Gasteiger partial charge is 0.273 e. The van der Waals surface area contributed by atoms with Crippen LogP contribution in [0.5, 0.6) is 5.75 Å². The Hall–Kier alpha value is -3.42. The molecular weight excluding hydrogens is 404 g/mol. The third-order valence-corrected chi connectivity index (χ3v) is 5.02. The van der Waals surface area contributed by atoms with Crippen LogP contribution in [0.4, 0.5) is 14.5 Å². The molecule has 0 aliphatic heterocycles. The topological polar surface area (TPSA) is 76.4 Å². The first kappa shape index (κ1) is 22.3. The number of ether oxygens (including phenoxy) is 1. The van der Waals surface area contributed by atoms with Gasteiger partial charge in [0.2, 0.25) is 5.89 Å². The molecule has 0 radical (unpaired) electrons. The Labute approximate surface area is 179 Å². The van der Waals surface area contributed by atoms with E-state index in [1.54, 1.807) is 14.0 Å². The number of hydrogen-bond donors (Lipinski definition) is 2. The summed E-state index contributed by atoms with van der Waals surface area (Å²) in [7, 11) is 2.98. The second-order valence-electron chi connectivity index (χ2n) is 7.46. The summed E-state index contributed by atoms with van der Waals surface area (Å²) in [4.78, 5) is 16.9. The molecular formula is C23H25F2N3O3. The van der Waals surface area contributed by atoms with E-state index in [-0.39, 0.29) is 22.8 Å². The zero-order valence-corrected chi connectivity index (χ0v) is 18.0. The van der Waals surface area contributed by atoms with Crippen molar-refractivity contribution in [1.82, 2.24) is 10.3 Å². The molecule has 1 unspecified atom stereocenters. The van der Waals surface area contributed by atoms with Crippen molar-refractivity contribution in [2.24, 2.45) is 0 Å². The molecule has 1 amide bonds. The minimum Gasteiger partial charge on any atom is -0.496 e. The van der Waals surface area contributed by atoms with Crippen molar-refractivity contribution in [1.29, 1.82) is 0 Å². The zero-order valence-electron chi connectivity index (χ0n) is 18.0. The molecule has 164 valence electrons. The van der Waals surface area contributed by atoms with Gasteiger partial charge in [0, 0.05) is 7.05 Å². The van der Waals surface area contributed by atoms with E-state index < -0.39 is 23.6 Å².